The number of anilines is 1. The molecule has 0 radical (unpaired) electrons. The van der Waals surface area contributed by atoms with Crippen LogP contribution in [0.25, 0.3) is 0 Å². The van der Waals surface area contributed by atoms with Gasteiger partial charge in [0.2, 0.25) is 5.91 Å². The van der Waals surface area contributed by atoms with Gasteiger partial charge in [0.25, 0.3) is 0 Å². The summed E-state index contributed by atoms with van der Waals surface area (Å²) in [7, 11) is 1.81. The normalized spacial score (nSPS) is 15.5. The van der Waals surface area contributed by atoms with Crippen molar-refractivity contribution >= 4 is 17.6 Å². The van der Waals surface area contributed by atoms with Gasteiger partial charge >= 0.3 is 5.97 Å². The fourth-order valence-electron chi connectivity index (χ4n) is 2.42. The van der Waals surface area contributed by atoms with Crippen molar-refractivity contribution in [3.8, 4) is 0 Å². The van der Waals surface area contributed by atoms with Gasteiger partial charge in [-0.3, -0.25) is 9.59 Å². The average Bonchev–Trinajstić information content (AvgIpc) is 2.37. The number of hydrogen-bond donors (Lipinski definition) is 3. The molecular formula is C14H18N2O3. The molecule has 0 fully saturated rings. The number of benzene rings is 1. The molecule has 1 aromatic rings. The van der Waals surface area contributed by atoms with E-state index in [4.69, 9.17) is 5.11 Å². The summed E-state index contributed by atoms with van der Waals surface area (Å²) in [5.74, 6) is -0.811. The summed E-state index contributed by atoms with van der Waals surface area (Å²) in [6.45, 7) is 0.622. The van der Waals surface area contributed by atoms with Crippen LogP contribution in [0.2, 0.25) is 0 Å². The van der Waals surface area contributed by atoms with Crippen molar-refractivity contribution in [1.82, 2.24) is 5.32 Å². The Labute approximate surface area is 112 Å². The van der Waals surface area contributed by atoms with E-state index in [0.717, 1.165) is 16.8 Å². The molecule has 5 heteroatoms. The first kappa shape index (κ1) is 13.5. The van der Waals surface area contributed by atoms with E-state index in [1.165, 1.54) is 0 Å². The van der Waals surface area contributed by atoms with Crippen LogP contribution < -0.4 is 10.6 Å². The van der Waals surface area contributed by atoms with Crippen LogP contribution in [0.3, 0.4) is 0 Å². The number of carbonyl (C=O) groups excluding carboxylic acids is 1. The molecule has 1 aliphatic heterocycles. The molecule has 2 rings (SSSR count). The Kier molecular flexibility index (Phi) is 4.16. The van der Waals surface area contributed by atoms with Gasteiger partial charge in [0.05, 0.1) is 6.42 Å². The number of aliphatic carboxylic acids is 1. The van der Waals surface area contributed by atoms with Crippen molar-refractivity contribution in [3.63, 3.8) is 0 Å². The first-order chi connectivity index (χ1) is 9.10. The highest BCUT2D eigenvalue weighted by Gasteiger charge is 2.19. The third kappa shape index (κ3) is 3.32. The Morgan fingerprint density at radius 3 is 2.95 bits per heavy atom. The molecule has 3 N–H and O–H groups in total. The monoisotopic (exact) mass is 262 g/mol. The molecular weight excluding hydrogens is 244 g/mol. The van der Waals surface area contributed by atoms with Gasteiger partial charge in [0, 0.05) is 24.6 Å². The molecule has 0 bridgehead atoms. The van der Waals surface area contributed by atoms with Crippen molar-refractivity contribution in [3.05, 3.63) is 29.3 Å². The van der Waals surface area contributed by atoms with Gasteiger partial charge in [-0.1, -0.05) is 12.1 Å². The highest BCUT2D eigenvalue weighted by Crippen LogP contribution is 2.28. The van der Waals surface area contributed by atoms with Crippen LogP contribution in [-0.4, -0.2) is 30.6 Å². The molecule has 0 saturated carbocycles. The Bertz CT molecular complexity index is 499. The highest BCUT2D eigenvalue weighted by molar-refractivity contribution is 5.93. The van der Waals surface area contributed by atoms with Crippen molar-refractivity contribution < 1.29 is 14.7 Å². The third-order valence-corrected chi connectivity index (χ3v) is 3.37. The van der Waals surface area contributed by atoms with E-state index >= 15 is 0 Å². The van der Waals surface area contributed by atoms with Crippen LogP contribution in [0, 0.1) is 0 Å². The second-order valence-corrected chi connectivity index (χ2v) is 4.82. The molecule has 0 aromatic heterocycles. The predicted octanol–water partition coefficient (Wildman–Crippen LogP) is 1.35. The predicted molar refractivity (Wildman–Crippen MR) is 72.3 cm³/mol. The quantitative estimate of drug-likeness (QED) is 0.748. The lowest BCUT2D eigenvalue weighted by atomic mass is 9.91. The molecule has 0 aliphatic carbocycles. The molecule has 19 heavy (non-hydrogen) atoms. The number of nitrogens with one attached hydrogen (secondary N) is 2. The lowest BCUT2D eigenvalue weighted by Gasteiger charge is -2.21. The molecule has 0 saturated heterocycles. The first-order valence-corrected chi connectivity index (χ1v) is 6.39. The van der Waals surface area contributed by atoms with Gasteiger partial charge in [-0.05, 0) is 30.7 Å². The van der Waals surface area contributed by atoms with E-state index in [1.807, 2.05) is 25.2 Å². The number of hydrogen-bond acceptors (Lipinski definition) is 3. The van der Waals surface area contributed by atoms with Crippen LogP contribution in [0.4, 0.5) is 5.69 Å². The van der Waals surface area contributed by atoms with Crippen LogP contribution in [0.5, 0.6) is 0 Å². The van der Waals surface area contributed by atoms with Crippen LogP contribution >= 0.6 is 0 Å². The fourth-order valence-corrected chi connectivity index (χ4v) is 2.42. The number of aryl methyl sites for hydroxylation is 1. The number of carbonyl (C=O) groups is 2. The number of likely N-dealkylation sites (N-methyl/N-ethyl adjacent to an activating group) is 1. The minimum atomic E-state index is -0.800. The van der Waals surface area contributed by atoms with Crippen molar-refractivity contribution in [2.45, 2.75) is 25.2 Å². The van der Waals surface area contributed by atoms with Crippen molar-refractivity contribution in [2.75, 3.05) is 18.9 Å². The number of carboxylic acids is 1. The Hall–Kier alpha value is -1.88. The molecule has 1 aromatic carbocycles. The van der Waals surface area contributed by atoms with E-state index in [1.54, 1.807) is 0 Å². The summed E-state index contributed by atoms with van der Waals surface area (Å²) in [6.07, 6.45) is 1.31. The molecule has 1 aliphatic rings. The summed E-state index contributed by atoms with van der Waals surface area (Å²) in [5, 5.41) is 14.8. The zero-order chi connectivity index (χ0) is 13.8. The van der Waals surface area contributed by atoms with Crippen LogP contribution in [-0.2, 0) is 16.0 Å². The van der Waals surface area contributed by atoms with Crippen molar-refractivity contribution in [2.24, 2.45) is 0 Å². The standard InChI is InChI=1S/C14H18N2O3/c1-15-8-11(7-14(18)19)9-2-4-12-10(6-9)3-5-13(17)16-12/h2,4,6,11,15H,3,5,7-8H2,1H3,(H,16,17)(H,18,19). The third-order valence-electron chi connectivity index (χ3n) is 3.37. The molecule has 1 amide bonds. The van der Waals surface area contributed by atoms with Gasteiger partial charge in [-0.15, -0.1) is 0 Å². The molecule has 1 heterocycles. The van der Waals surface area contributed by atoms with Gasteiger partial charge in [-0.25, -0.2) is 0 Å². The first-order valence-electron chi connectivity index (χ1n) is 6.39. The van der Waals surface area contributed by atoms with E-state index in [-0.39, 0.29) is 18.2 Å². The average molecular weight is 262 g/mol. The van der Waals surface area contributed by atoms with Gasteiger partial charge in [0.1, 0.15) is 0 Å². The molecule has 1 atom stereocenters. The largest absolute Gasteiger partial charge is 0.481 e. The minimum Gasteiger partial charge on any atom is -0.481 e. The molecule has 1 unspecified atom stereocenters. The van der Waals surface area contributed by atoms with E-state index in [9.17, 15) is 9.59 Å². The minimum absolute atomic E-state index is 0.0394. The summed E-state index contributed by atoms with van der Waals surface area (Å²) >= 11 is 0. The zero-order valence-electron chi connectivity index (χ0n) is 10.9. The maximum atomic E-state index is 11.3. The number of carboxylic acid groups (broad SMARTS) is 1. The maximum Gasteiger partial charge on any atom is 0.304 e. The Morgan fingerprint density at radius 1 is 1.47 bits per heavy atom. The topological polar surface area (TPSA) is 78.4 Å². The smallest absolute Gasteiger partial charge is 0.304 e. The summed E-state index contributed by atoms with van der Waals surface area (Å²) in [6, 6.07) is 5.78. The number of amides is 1. The van der Waals surface area contributed by atoms with E-state index in [0.29, 0.717) is 19.4 Å². The van der Waals surface area contributed by atoms with Crippen LogP contribution in [0.1, 0.15) is 29.9 Å². The molecule has 102 valence electrons. The van der Waals surface area contributed by atoms with Gasteiger partial charge < -0.3 is 15.7 Å². The zero-order valence-corrected chi connectivity index (χ0v) is 10.9. The molecule has 5 nitrogen and oxygen atoms in total. The van der Waals surface area contributed by atoms with Crippen molar-refractivity contribution in [1.29, 1.82) is 0 Å². The Balaban J connectivity index is 2.23. The summed E-state index contributed by atoms with van der Waals surface area (Å²) in [5.41, 5.74) is 2.94. The van der Waals surface area contributed by atoms with Gasteiger partial charge in [0.15, 0.2) is 0 Å². The highest BCUT2D eigenvalue weighted by atomic mass is 16.4. The van der Waals surface area contributed by atoms with Gasteiger partial charge in [-0.2, -0.15) is 0 Å². The maximum absolute atomic E-state index is 11.3. The summed E-state index contributed by atoms with van der Waals surface area (Å²) in [4.78, 5) is 22.2. The SMILES string of the molecule is CNCC(CC(=O)O)c1ccc2c(c1)CCC(=O)N2. The second kappa shape index (κ2) is 5.84. The lowest BCUT2D eigenvalue weighted by Crippen LogP contribution is -2.22. The van der Waals surface area contributed by atoms with E-state index in [2.05, 4.69) is 10.6 Å². The summed E-state index contributed by atoms with van der Waals surface area (Å²) < 4.78 is 0. The fraction of sp³-hybridized carbons (Fsp3) is 0.429. The second-order valence-electron chi connectivity index (χ2n) is 4.82. The number of fused-ring (bicyclic) bond motifs is 1. The number of rotatable bonds is 5. The molecule has 0 spiro atoms. The van der Waals surface area contributed by atoms with Crippen LogP contribution in [0.15, 0.2) is 18.2 Å². The lowest BCUT2D eigenvalue weighted by molar-refractivity contribution is -0.137. The Morgan fingerprint density at radius 2 is 2.26 bits per heavy atom. The van der Waals surface area contributed by atoms with E-state index < -0.39 is 5.97 Å².